The van der Waals surface area contributed by atoms with Crippen molar-refractivity contribution < 1.29 is 14.8 Å². The molecular formula is C16H18N4O4. The lowest BCUT2D eigenvalue weighted by molar-refractivity contribution is -0.384. The van der Waals surface area contributed by atoms with Gasteiger partial charge in [-0.1, -0.05) is 12.8 Å². The van der Waals surface area contributed by atoms with Crippen LogP contribution in [0.2, 0.25) is 0 Å². The van der Waals surface area contributed by atoms with Gasteiger partial charge in [-0.2, -0.15) is 5.10 Å². The van der Waals surface area contributed by atoms with E-state index in [1.54, 1.807) is 24.4 Å². The summed E-state index contributed by atoms with van der Waals surface area (Å²) in [5, 5.41) is 27.6. The van der Waals surface area contributed by atoms with Crippen molar-refractivity contribution in [3.8, 4) is 5.69 Å². The largest absolute Gasteiger partial charge is 0.391 e. The Morgan fingerprint density at radius 1 is 1.25 bits per heavy atom. The minimum Gasteiger partial charge on any atom is -0.391 e. The highest BCUT2D eigenvalue weighted by atomic mass is 16.6. The van der Waals surface area contributed by atoms with Crippen molar-refractivity contribution in [1.82, 2.24) is 15.1 Å². The van der Waals surface area contributed by atoms with Gasteiger partial charge in [0.2, 0.25) is 0 Å². The summed E-state index contributed by atoms with van der Waals surface area (Å²) in [6.45, 7) is 0. The number of nitro groups is 1. The first-order valence-corrected chi connectivity index (χ1v) is 7.84. The Hall–Kier alpha value is -2.74. The summed E-state index contributed by atoms with van der Waals surface area (Å²) in [6, 6.07) is 7.24. The van der Waals surface area contributed by atoms with Gasteiger partial charge in [0.05, 0.1) is 22.8 Å². The number of hydrogen-bond donors (Lipinski definition) is 2. The molecule has 8 heteroatoms. The Morgan fingerprint density at radius 2 is 1.96 bits per heavy atom. The predicted molar refractivity (Wildman–Crippen MR) is 85.9 cm³/mol. The van der Waals surface area contributed by atoms with Gasteiger partial charge in [0.25, 0.3) is 11.6 Å². The first-order valence-electron chi connectivity index (χ1n) is 7.84. The van der Waals surface area contributed by atoms with E-state index in [9.17, 15) is 20.0 Å². The summed E-state index contributed by atoms with van der Waals surface area (Å²) in [6.07, 6.45) is 4.52. The first-order chi connectivity index (χ1) is 11.5. The average molecular weight is 330 g/mol. The molecular weight excluding hydrogens is 312 g/mol. The van der Waals surface area contributed by atoms with E-state index in [1.165, 1.54) is 16.8 Å². The van der Waals surface area contributed by atoms with Crippen molar-refractivity contribution in [2.45, 2.75) is 37.8 Å². The van der Waals surface area contributed by atoms with Crippen LogP contribution in [0, 0.1) is 10.1 Å². The second-order valence-corrected chi connectivity index (χ2v) is 5.85. The number of hydrogen-bond acceptors (Lipinski definition) is 5. The molecule has 1 aliphatic rings. The van der Waals surface area contributed by atoms with Crippen LogP contribution in [-0.4, -0.2) is 37.9 Å². The SMILES string of the molecule is O=C(NC1CCCCC1O)c1ccn(-c2ccc([N+](=O)[O-])cc2)n1. The monoisotopic (exact) mass is 330 g/mol. The van der Waals surface area contributed by atoms with Crippen molar-refractivity contribution in [1.29, 1.82) is 0 Å². The van der Waals surface area contributed by atoms with Crippen LogP contribution in [0.5, 0.6) is 0 Å². The lowest BCUT2D eigenvalue weighted by Crippen LogP contribution is -2.45. The van der Waals surface area contributed by atoms with E-state index in [0.29, 0.717) is 12.1 Å². The Balaban J connectivity index is 1.70. The summed E-state index contributed by atoms with van der Waals surface area (Å²) in [5.74, 6) is -0.332. The number of nitro benzene ring substituents is 1. The molecule has 0 spiro atoms. The van der Waals surface area contributed by atoms with E-state index in [4.69, 9.17) is 0 Å². The van der Waals surface area contributed by atoms with Gasteiger partial charge in [-0.25, -0.2) is 4.68 Å². The zero-order valence-electron chi connectivity index (χ0n) is 13.0. The number of aliphatic hydroxyl groups is 1. The number of benzene rings is 1. The van der Waals surface area contributed by atoms with Gasteiger partial charge < -0.3 is 10.4 Å². The standard InChI is InChI=1S/C16H18N4O4/c21-15-4-2-1-3-13(15)17-16(22)14-9-10-19(18-14)11-5-7-12(8-6-11)20(23)24/h5-10,13,15,21H,1-4H2,(H,17,22). The van der Waals surface area contributed by atoms with Crippen LogP contribution in [0.25, 0.3) is 5.69 Å². The third-order valence-electron chi connectivity index (χ3n) is 4.19. The number of rotatable bonds is 4. The highest BCUT2D eigenvalue weighted by Gasteiger charge is 2.25. The molecule has 1 fully saturated rings. The van der Waals surface area contributed by atoms with Gasteiger partial charge >= 0.3 is 0 Å². The topological polar surface area (TPSA) is 110 Å². The summed E-state index contributed by atoms with van der Waals surface area (Å²) in [5.41, 5.74) is 0.860. The summed E-state index contributed by atoms with van der Waals surface area (Å²) >= 11 is 0. The Kier molecular flexibility index (Phi) is 4.57. The molecule has 24 heavy (non-hydrogen) atoms. The molecule has 2 atom stereocenters. The van der Waals surface area contributed by atoms with Gasteiger partial charge in [0.15, 0.2) is 5.69 Å². The number of aliphatic hydroxyl groups excluding tert-OH is 1. The van der Waals surface area contributed by atoms with E-state index in [1.807, 2.05) is 0 Å². The van der Waals surface area contributed by atoms with Crippen molar-refractivity contribution in [3.63, 3.8) is 0 Å². The van der Waals surface area contributed by atoms with Crippen LogP contribution < -0.4 is 5.32 Å². The van der Waals surface area contributed by atoms with Crippen LogP contribution in [0.15, 0.2) is 36.5 Å². The molecule has 2 unspecified atom stereocenters. The fourth-order valence-corrected chi connectivity index (χ4v) is 2.84. The maximum atomic E-state index is 12.3. The molecule has 2 N–H and O–H groups in total. The number of carbonyl (C=O) groups excluding carboxylic acids is 1. The number of amides is 1. The molecule has 0 radical (unpaired) electrons. The summed E-state index contributed by atoms with van der Waals surface area (Å²) in [4.78, 5) is 22.5. The van der Waals surface area contributed by atoms with E-state index in [-0.39, 0.29) is 23.3 Å². The molecule has 1 saturated carbocycles. The predicted octanol–water partition coefficient (Wildman–Crippen LogP) is 1.81. The molecule has 1 amide bonds. The van der Waals surface area contributed by atoms with Gasteiger partial charge in [0.1, 0.15) is 0 Å². The number of carbonyl (C=O) groups is 1. The van der Waals surface area contributed by atoms with Gasteiger partial charge in [-0.05, 0) is 31.0 Å². The van der Waals surface area contributed by atoms with Gasteiger partial charge in [-0.15, -0.1) is 0 Å². The van der Waals surface area contributed by atoms with E-state index < -0.39 is 11.0 Å². The highest BCUT2D eigenvalue weighted by molar-refractivity contribution is 5.92. The second-order valence-electron chi connectivity index (χ2n) is 5.85. The van der Waals surface area contributed by atoms with Crippen molar-refractivity contribution >= 4 is 11.6 Å². The highest BCUT2D eigenvalue weighted by Crippen LogP contribution is 2.19. The maximum absolute atomic E-state index is 12.3. The quantitative estimate of drug-likeness (QED) is 0.656. The summed E-state index contributed by atoms with van der Waals surface area (Å²) < 4.78 is 1.48. The van der Waals surface area contributed by atoms with Crippen molar-refractivity contribution in [2.75, 3.05) is 0 Å². The Labute approximate surface area is 138 Å². The Morgan fingerprint density at radius 3 is 2.62 bits per heavy atom. The van der Waals surface area contributed by atoms with Crippen LogP contribution in [0.4, 0.5) is 5.69 Å². The molecule has 1 aliphatic carbocycles. The lowest BCUT2D eigenvalue weighted by Gasteiger charge is -2.27. The summed E-state index contributed by atoms with van der Waals surface area (Å²) in [7, 11) is 0. The third-order valence-corrected chi connectivity index (χ3v) is 4.19. The smallest absolute Gasteiger partial charge is 0.272 e. The molecule has 1 aromatic heterocycles. The molecule has 8 nitrogen and oxygen atoms in total. The molecule has 0 aliphatic heterocycles. The molecule has 2 aromatic rings. The fourth-order valence-electron chi connectivity index (χ4n) is 2.84. The first kappa shape index (κ1) is 16.1. The van der Waals surface area contributed by atoms with Gasteiger partial charge in [-0.3, -0.25) is 14.9 Å². The number of nitrogens with zero attached hydrogens (tertiary/aromatic N) is 3. The number of aromatic nitrogens is 2. The molecule has 1 heterocycles. The van der Waals surface area contributed by atoms with E-state index in [0.717, 1.165) is 19.3 Å². The van der Waals surface area contributed by atoms with Crippen LogP contribution in [-0.2, 0) is 0 Å². The molecule has 3 rings (SSSR count). The molecule has 126 valence electrons. The second kappa shape index (κ2) is 6.79. The fraction of sp³-hybridized carbons (Fsp3) is 0.375. The minimum absolute atomic E-state index is 0.00448. The maximum Gasteiger partial charge on any atom is 0.272 e. The van der Waals surface area contributed by atoms with Crippen LogP contribution >= 0.6 is 0 Å². The van der Waals surface area contributed by atoms with E-state index in [2.05, 4.69) is 10.4 Å². The van der Waals surface area contributed by atoms with Crippen molar-refractivity contribution in [3.05, 3.63) is 52.3 Å². The normalized spacial score (nSPS) is 20.5. The van der Waals surface area contributed by atoms with Crippen LogP contribution in [0.3, 0.4) is 0 Å². The van der Waals surface area contributed by atoms with Crippen LogP contribution in [0.1, 0.15) is 36.2 Å². The minimum atomic E-state index is -0.514. The van der Waals surface area contributed by atoms with Gasteiger partial charge in [0, 0.05) is 18.3 Å². The average Bonchev–Trinajstić information content (AvgIpc) is 3.07. The molecule has 0 bridgehead atoms. The molecule has 0 saturated heterocycles. The van der Waals surface area contributed by atoms with Crippen molar-refractivity contribution in [2.24, 2.45) is 0 Å². The lowest BCUT2D eigenvalue weighted by atomic mass is 9.92. The third kappa shape index (κ3) is 3.43. The molecule has 1 aromatic carbocycles. The Bertz CT molecular complexity index is 741. The number of nitrogens with one attached hydrogen (secondary N) is 1. The number of non-ortho nitro benzene ring substituents is 1. The zero-order valence-corrected chi connectivity index (χ0v) is 13.0. The van der Waals surface area contributed by atoms with E-state index >= 15 is 0 Å². The zero-order chi connectivity index (χ0) is 17.1.